The molecule has 1 unspecified atom stereocenters. The largest absolute Gasteiger partial charge is 0.416 e. The summed E-state index contributed by atoms with van der Waals surface area (Å²) in [5.74, 6) is 0.859. The zero-order chi connectivity index (χ0) is 18.8. The van der Waals surface area contributed by atoms with Gasteiger partial charge in [-0.25, -0.2) is 0 Å². The molecule has 1 atom stereocenters. The highest BCUT2D eigenvalue weighted by Gasteiger charge is 2.24. The minimum atomic E-state index is -0.0623. The minimum Gasteiger partial charge on any atom is -0.416 e. The Labute approximate surface area is 158 Å². The molecule has 138 valence electrons. The van der Waals surface area contributed by atoms with Crippen LogP contribution in [-0.2, 0) is 0 Å². The SMILES string of the molecule is Cc1ccc(-c2nnc(-c3ccc(C(=O)NCC4CCN4C)cc3)o2)cc1. The van der Waals surface area contributed by atoms with Gasteiger partial charge in [-0.15, -0.1) is 10.2 Å². The zero-order valence-corrected chi connectivity index (χ0v) is 15.5. The maximum Gasteiger partial charge on any atom is 0.251 e. The van der Waals surface area contributed by atoms with Crippen molar-refractivity contribution in [2.24, 2.45) is 0 Å². The topological polar surface area (TPSA) is 71.3 Å². The molecule has 6 heteroatoms. The van der Waals surface area contributed by atoms with Gasteiger partial charge in [0, 0.05) is 29.3 Å². The first kappa shape index (κ1) is 17.4. The van der Waals surface area contributed by atoms with E-state index in [1.54, 1.807) is 12.1 Å². The van der Waals surface area contributed by atoms with Crippen LogP contribution >= 0.6 is 0 Å². The van der Waals surface area contributed by atoms with Crippen molar-refractivity contribution in [1.82, 2.24) is 20.4 Å². The molecule has 2 aromatic carbocycles. The lowest BCUT2D eigenvalue weighted by molar-refractivity contribution is 0.0884. The van der Waals surface area contributed by atoms with E-state index in [0.29, 0.717) is 29.9 Å². The molecule has 1 fully saturated rings. The van der Waals surface area contributed by atoms with Crippen molar-refractivity contribution in [3.05, 3.63) is 59.7 Å². The van der Waals surface area contributed by atoms with Crippen molar-refractivity contribution in [1.29, 1.82) is 0 Å². The monoisotopic (exact) mass is 362 g/mol. The van der Waals surface area contributed by atoms with E-state index in [0.717, 1.165) is 24.1 Å². The van der Waals surface area contributed by atoms with E-state index in [-0.39, 0.29) is 5.91 Å². The number of nitrogens with one attached hydrogen (secondary N) is 1. The van der Waals surface area contributed by atoms with Crippen LogP contribution in [0.1, 0.15) is 22.3 Å². The highest BCUT2D eigenvalue weighted by molar-refractivity contribution is 5.94. The fourth-order valence-corrected chi connectivity index (χ4v) is 3.06. The molecule has 0 bridgehead atoms. The van der Waals surface area contributed by atoms with Gasteiger partial charge in [-0.05, 0) is 63.3 Å². The van der Waals surface area contributed by atoms with Crippen molar-refractivity contribution < 1.29 is 9.21 Å². The van der Waals surface area contributed by atoms with Crippen molar-refractivity contribution in [3.63, 3.8) is 0 Å². The van der Waals surface area contributed by atoms with Crippen LogP contribution in [0.5, 0.6) is 0 Å². The number of likely N-dealkylation sites (N-methyl/N-ethyl adjacent to an activating group) is 1. The standard InChI is InChI=1S/C21H22N4O2/c1-14-3-5-16(6-4-14)20-23-24-21(27-20)17-9-7-15(8-10-17)19(26)22-13-18-11-12-25(18)2/h3-10,18H,11-13H2,1-2H3,(H,22,26). The number of hydrogen-bond donors (Lipinski definition) is 1. The second kappa shape index (κ2) is 7.32. The minimum absolute atomic E-state index is 0.0623. The molecule has 3 aromatic rings. The molecule has 0 spiro atoms. The highest BCUT2D eigenvalue weighted by Crippen LogP contribution is 2.24. The van der Waals surface area contributed by atoms with Gasteiger partial charge in [0.1, 0.15) is 0 Å². The third kappa shape index (κ3) is 3.75. The maximum absolute atomic E-state index is 12.3. The number of rotatable bonds is 5. The number of likely N-dealkylation sites (tertiary alicyclic amines) is 1. The van der Waals surface area contributed by atoms with Crippen LogP contribution in [0.4, 0.5) is 0 Å². The second-order valence-electron chi connectivity index (χ2n) is 6.99. The third-order valence-electron chi connectivity index (χ3n) is 5.05. The fourth-order valence-electron chi connectivity index (χ4n) is 3.06. The first-order chi connectivity index (χ1) is 13.1. The third-order valence-corrected chi connectivity index (χ3v) is 5.05. The Balaban J connectivity index is 1.43. The number of carbonyl (C=O) groups is 1. The molecule has 4 rings (SSSR count). The van der Waals surface area contributed by atoms with E-state index in [4.69, 9.17) is 4.42 Å². The number of amides is 1. The summed E-state index contributed by atoms with van der Waals surface area (Å²) < 4.78 is 5.78. The Morgan fingerprint density at radius 3 is 2.19 bits per heavy atom. The lowest BCUT2D eigenvalue weighted by Crippen LogP contribution is -2.51. The summed E-state index contributed by atoms with van der Waals surface area (Å²) in [5, 5.41) is 11.2. The second-order valence-corrected chi connectivity index (χ2v) is 6.99. The molecule has 6 nitrogen and oxygen atoms in total. The molecule has 2 heterocycles. The zero-order valence-electron chi connectivity index (χ0n) is 15.5. The summed E-state index contributed by atoms with van der Waals surface area (Å²) in [6, 6.07) is 15.6. The molecule has 1 N–H and O–H groups in total. The Kier molecular flexibility index (Phi) is 4.73. The molecule has 1 aliphatic heterocycles. The van der Waals surface area contributed by atoms with Gasteiger partial charge >= 0.3 is 0 Å². The molecule has 1 saturated heterocycles. The number of carbonyl (C=O) groups excluding carboxylic acids is 1. The average molecular weight is 362 g/mol. The van der Waals surface area contributed by atoms with Gasteiger partial charge in [-0.1, -0.05) is 17.7 Å². The number of nitrogens with zero attached hydrogens (tertiary/aromatic N) is 3. The Bertz CT molecular complexity index is 932. The molecule has 1 amide bonds. The summed E-state index contributed by atoms with van der Waals surface area (Å²) in [5.41, 5.74) is 3.47. The molecule has 27 heavy (non-hydrogen) atoms. The summed E-state index contributed by atoms with van der Waals surface area (Å²) in [6.45, 7) is 3.82. The predicted molar refractivity (Wildman–Crippen MR) is 103 cm³/mol. The van der Waals surface area contributed by atoms with Gasteiger partial charge in [0.15, 0.2) is 0 Å². The van der Waals surface area contributed by atoms with Crippen LogP contribution in [0, 0.1) is 6.92 Å². The van der Waals surface area contributed by atoms with E-state index >= 15 is 0 Å². The van der Waals surface area contributed by atoms with Gasteiger partial charge in [0.05, 0.1) is 0 Å². The number of aryl methyl sites for hydroxylation is 1. The molecule has 1 aliphatic rings. The van der Waals surface area contributed by atoms with Crippen LogP contribution < -0.4 is 5.32 Å². The molecular formula is C21H22N4O2. The lowest BCUT2D eigenvalue weighted by atomic mass is 10.0. The maximum atomic E-state index is 12.3. The van der Waals surface area contributed by atoms with Gasteiger partial charge in [0.2, 0.25) is 11.8 Å². The van der Waals surface area contributed by atoms with Crippen LogP contribution in [0.15, 0.2) is 52.9 Å². The van der Waals surface area contributed by atoms with Crippen molar-refractivity contribution in [2.75, 3.05) is 20.1 Å². The summed E-state index contributed by atoms with van der Waals surface area (Å²) >= 11 is 0. The Morgan fingerprint density at radius 1 is 1.07 bits per heavy atom. The van der Waals surface area contributed by atoms with E-state index < -0.39 is 0 Å². The van der Waals surface area contributed by atoms with E-state index in [1.807, 2.05) is 43.3 Å². The van der Waals surface area contributed by atoms with Gasteiger partial charge < -0.3 is 14.6 Å². The smallest absolute Gasteiger partial charge is 0.251 e. The molecule has 0 aliphatic carbocycles. The summed E-state index contributed by atoms with van der Waals surface area (Å²) in [6.07, 6.45) is 1.14. The number of aromatic nitrogens is 2. The Hall–Kier alpha value is -2.99. The number of hydrogen-bond acceptors (Lipinski definition) is 5. The first-order valence-corrected chi connectivity index (χ1v) is 9.09. The summed E-state index contributed by atoms with van der Waals surface area (Å²) in [7, 11) is 2.07. The molecule has 0 saturated carbocycles. The molecular weight excluding hydrogens is 340 g/mol. The van der Waals surface area contributed by atoms with E-state index in [2.05, 4.69) is 27.5 Å². The number of benzene rings is 2. The van der Waals surface area contributed by atoms with E-state index in [9.17, 15) is 4.79 Å². The normalized spacial score (nSPS) is 16.7. The van der Waals surface area contributed by atoms with Crippen molar-refractivity contribution in [3.8, 4) is 22.9 Å². The lowest BCUT2D eigenvalue weighted by Gasteiger charge is -2.37. The first-order valence-electron chi connectivity index (χ1n) is 9.09. The Morgan fingerprint density at radius 2 is 1.67 bits per heavy atom. The van der Waals surface area contributed by atoms with Gasteiger partial charge in [-0.2, -0.15) is 0 Å². The predicted octanol–water partition coefficient (Wildman–Crippen LogP) is 3.15. The fraction of sp³-hybridized carbons (Fsp3) is 0.286. The summed E-state index contributed by atoms with van der Waals surface area (Å²) in [4.78, 5) is 14.5. The quantitative estimate of drug-likeness (QED) is 0.755. The van der Waals surface area contributed by atoms with Crippen molar-refractivity contribution >= 4 is 5.91 Å². The van der Waals surface area contributed by atoms with Crippen LogP contribution in [0.2, 0.25) is 0 Å². The van der Waals surface area contributed by atoms with Crippen LogP contribution in [0.25, 0.3) is 22.9 Å². The van der Waals surface area contributed by atoms with Crippen LogP contribution in [-0.4, -0.2) is 47.2 Å². The van der Waals surface area contributed by atoms with Crippen LogP contribution in [0.3, 0.4) is 0 Å². The van der Waals surface area contributed by atoms with E-state index in [1.165, 1.54) is 5.56 Å². The molecule has 0 radical (unpaired) electrons. The van der Waals surface area contributed by atoms with Crippen molar-refractivity contribution in [2.45, 2.75) is 19.4 Å². The van der Waals surface area contributed by atoms with Gasteiger partial charge in [0.25, 0.3) is 5.91 Å². The van der Waals surface area contributed by atoms with Gasteiger partial charge in [-0.3, -0.25) is 4.79 Å². The highest BCUT2D eigenvalue weighted by atomic mass is 16.4. The molecule has 1 aromatic heterocycles. The average Bonchev–Trinajstić information content (AvgIpc) is 3.17.